The van der Waals surface area contributed by atoms with E-state index in [1.54, 1.807) is 0 Å². The number of aliphatic carboxylic acids is 1. The fraction of sp³-hybridized carbons (Fsp3) is 0.778. The van der Waals surface area contributed by atoms with Crippen LogP contribution in [0.3, 0.4) is 0 Å². The lowest BCUT2D eigenvalue weighted by molar-refractivity contribution is -0.161. The lowest BCUT2D eigenvalue weighted by Gasteiger charge is -2.14. The van der Waals surface area contributed by atoms with Crippen LogP contribution in [0.1, 0.15) is 47.5 Å². The maximum Gasteiger partial charge on any atom is 0.330 e. The van der Waals surface area contributed by atoms with Crippen LogP contribution in [0.5, 0.6) is 0 Å². The summed E-state index contributed by atoms with van der Waals surface area (Å²) in [7, 11) is 0. The molecule has 0 fully saturated rings. The Balaban J connectivity index is 0. The minimum absolute atomic E-state index is 0.278. The van der Waals surface area contributed by atoms with Gasteiger partial charge in [0.05, 0.1) is 0 Å². The first-order valence-electron chi connectivity index (χ1n) is 9.36. The molecule has 0 aliphatic heterocycles. The zero-order valence-electron chi connectivity index (χ0n) is 17.8. The van der Waals surface area contributed by atoms with Gasteiger partial charge in [0, 0.05) is 0 Å². The molecule has 0 amide bonds. The lowest BCUT2D eigenvalue weighted by Crippen LogP contribution is -2.40. The molecule has 0 saturated heterocycles. The van der Waals surface area contributed by atoms with E-state index in [-0.39, 0.29) is 18.4 Å². The third kappa shape index (κ3) is 15.5. The van der Waals surface area contributed by atoms with Gasteiger partial charge in [0.15, 0.2) is 0 Å². The molecule has 0 aromatic heterocycles. The standard InChI is InChI=1S/C9H18N2O4.C9H18N2O3/c1-5(2)3-6(10)9(14)15-4-7(11)8(12)13;1-5(2)4-7(11)9(13)14-8(12)6(3)10/h5-7H,3-4,10-11H2,1-2H3,(H,12,13);5-7H,4,10-11H2,1-3H3/t2*6-,7-/m00/s1. The minimum Gasteiger partial charge on any atom is -0.480 e. The van der Waals surface area contributed by atoms with Crippen molar-refractivity contribution in [1.29, 1.82) is 0 Å². The molecule has 0 aliphatic rings. The molecule has 0 aromatic carbocycles. The number of carboxylic acid groups (broad SMARTS) is 1. The summed E-state index contributed by atoms with van der Waals surface area (Å²) >= 11 is 0. The van der Waals surface area contributed by atoms with Crippen molar-refractivity contribution in [2.24, 2.45) is 34.8 Å². The van der Waals surface area contributed by atoms with Gasteiger partial charge in [-0.15, -0.1) is 0 Å². The van der Waals surface area contributed by atoms with E-state index in [4.69, 9.17) is 28.0 Å². The number of nitrogens with two attached hydrogens (primary N) is 4. The van der Waals surface area contributed by atoms with E-state index in [1.807, 2.05) is 27.7 Å². The van der Waals surface area contributed by atoms with Gasteiger partial charge in [-0.25, -0.2) is 9.59 Å². The summed E-state index contributed by atoms with van der Waals surface area (Å²) in [5.74, 6) is -2.71. The molecular weight excluding hydrogens is 384 g/mol. The summed E-state index contributed by atoms with van der Waals surface area (Å²) in [5.41, 5.74) is 21.4. The van der Waals surface area contributed by atoms with Crippen molar-refractivity contribution >= 4 is 23.9 Å². The number of carboxylic acids is 1. The van der Waals surface area contributed by atoms with Crippen LogP contribution in [0, 0.1) is 11.8 Å². The molecule has 0 aromatic rings. The number of hydrogen-bond donors (Lipinski definition) is 5. The van der Waals surface area contributed by atoms with Crippen LogP contribution in [0.25, 0.3) is 0 Å². The Bertz CT molecular complexity index is 538. The van der Waals surface area contributed by atoms with Crippen molar-refractivity contribution in [3.8, 4) is 0 Å². The maximum absolute atomic E-state index is 11.2. The van der Waals surface area contributed by atoms with Gasteiger partial charge in [-0.2, -0.15) is 0 Å². The number of hydrogen-bond acceptors (Lipinski definition) is 10. The van der Waals surface area contributed by atoms with Crippen molar-refractivity contribution < 1.29 is 33.8 Å². The predicted molar refractivity (Wildman–Crippen MR) is 106 cm³/mol. The molecule has 0 bridgehead atoms. The highest BCUT2D eigenvalue weighted by Gasteiger charge is 2.21. The number of carbonyl (C=O) groups is 4. The molecule has 170 valence electrons. The van der Waals surface area contributed by atoms with Gasteiger partial charge < -0.3 is 37.5 Å². The molecule has 0 aliphatic carbocycles. The quantitative estimate of drug-likeness (QED) is 0.215. The summed E-state index contributed by atoms with van der Waals surface area (Å²) < 4.78 is 9.10. The van der Waals surface area contributed by atoms with Gasteiger partial charge in [-0.3, -0.25) is 9.59 Å². The molecule has 0 radical (unpaired) electrons. The molecular formula is C18H36N4O7. The predicted octanol–water partition coefficient (Wildman–Crippen LogP) is -0.908. The summed E-state index contributed by atoms with van der Waals surface area (Å²) in [6.07, 6.45) is 0.992. The minimum atomic E-state index is -1.21. The van der Waals surface area contributed by atoms with Gasteiger partial charge in [0.1, 0.15) is 30.8 Å². The Kier molecular flexibility index (Phi) is 14.9. The first-order chi connectivity index (χ1) is 13.2. The Labute approximate surface area is 171 Å². The third-order valence-corrected chi connectivity index (χ3v) is 3.35. The van der Waals surface area contributed by atoms with E-state index in [1.165, 1.54) is 6.92 Å². The molecule has 0 unspecified atom stereocenters. The number of rotatable bonds is 10. The highest BCUT2D eigenvalue weighted by Crippen LogP contribution is 2.05. The Hall–Kier alpha value is -2.08. The third-order valence-electron chi connectivity index (χ3n) is 3.35. The van der Waals surface area contributed by atoms with E-state index in [2.05, 4.69) is 9.47 Å². The monoisotopic (exact) mass is 420 g/mol. The molecule has 0 saturated carbocycles. The average Bonchev–Trinajstić information content (AvgIpc) is 2.58. The molecule has 0 spiro atoms. The van der Waals surface area contributed by atoms with Crippen molar-refractivity contribution in [3.05, 3.63) is 0 Å². The Morgan fingerprint density at radius 2 is 1.14 bits per heavy atom. The van der Waals surface area contributed by atoms with E-state index in [0.29, 0.717) is 12.8 Å². The average molecular weight is 421 g/mol. The van der Waals surface area contributed by atoms with Crippen LogP contribution in [0.15, 0.2) is 0 Å². The lowest BCUT2D eigenvalue weighted by atomic mass is 10.1. The van der Waals surface area contributed by atoms with Gasteiger partial charge in [0.25, 0.3) is 0 Å². The number of carbonyl (C=O) groups excluding carboxylic acids is 3. The topological polar surface area (TPSA) is 211 Å². The second kappa shape index (κ2) is 14.9. The van der Waals surface area contributed by atoms with Crippen LogP contribution in [0.4, 0.5) is 0 Å². The highest BCUT2D eigenvalue weighted by molar-refractivity contribution is 5.90. The van der Waals surface area contributed by atoms with Gasteiger partial charge in [-0.1, -0.05) is 27.7 Å². The van der Waals surface area contributed by atoms with E-state index in [0.717, 1.165) is 0 Å². The van der Waals surface area contributed by atoms with E-state index in [9.17, 15) is 19.2 Å². The maximum atomic E-state index is 11.2. The smallest absolute Gasteiger partial charge is 0.330 e. The molecule has 0 rings (SSSR count). The summed E-state index contributed by atoms with van der Waals surface area (Å²) in [5, 5.41) is 8.43. The van der Waals surface area contributed by atoms with Gasteiger partial charge >= 0.3 is 23.9 Å². The Morgan fingerprint density at radius 3 is 1.48 bits per heavy atom. The molecule has 29 heavy (non-hydrogen) atoms. The van der Waals surface area contributed by atoms with Crippen LogP contribution >= 0.6 is 0 Å². The second-order valence-corrected chi connectivity index (χ2v) is 7.58. The largest absolute Gasteiger partial charge is 0.480 e. The normalized spacial score (nSPS) is 14.9. The first-order valence-corrected chi connectivity index (χ1v) is 9.36. The SMILES string of the molecule is CC(C)C[C@H](N)C(=O)OC(=O)[C@H](C)N.CC(C)C[C@H](N)C(=O)OC[C@H](N)C(=O)O. The zero-order valence-corrected chi connectivity index (χ0v) is 17.8. The second-order valence-electron chi connectivity index (χ2n) is 7.58. The summed E-state index contributed by atoms with van der Waals surface area (Å²) in [6, 6.07) is -3.46. The molecule has 9 N–H and O–H groups in total. The van der Waals surface area contributed by atoms with Crippen molar-refractivity contribution in [3.63, 3.8) is 0 Å². The molecule has 11 heteroatoms. The van der Waals surface area contributed by atoms with Crippen LogP contribution in [0.2, 0.25) is 0 Å². The molecule has 4 atom stereocenters. The molecule has 0 heterocycles. The van der Waals surface area contributed by atoms with Gasteiger partial charge in [-0.05, 0) is 31.6 Å². The zero-order chi connectivity index (χ0) is 23.3. The number of ether oxygens (including phenoxy) is 2. The summed E-state index contributed by atoms with van der Waals surface area (Å²) in [4.78, 5) is 43.6. The fourth-order valence-corrected chi connectivity index (χ4v) is 1.83. The van der Waals surface area contributed by atoms with Crippen LogP contribution in [-0.4, -0.2) is 59.8 Å². The highest BCUT2D eigenvalue weighted by atomic mass is 16.6. The van der Waals surface area contributed by atoms with Gasteiger partial charge in [0.2, 0.25) is 0 Å². The van der Waals surface area contributed by atoms with Crippen LogP contribution < -0.4 is 22.9 Å². The van der Waals surface area contributed by atoms with Crippen LogP contribution in [-0.2, 0) is 28.7 Å². The van der Waals surface area contributed by atoms with Crippen molar-refractivity contribution in [2.45, 2.75) is 71.6 Å². The van der Waals surface area contributed by atoms with E-state index >= 15 is 0 Å². The fourth-order valence-electron chi connectivity index (χ4n) is 1.83. The first kappa shape index (κ1) is 29.1. The number of esters is 3. The summed E-state index contributed by atoms with van der Waals surface area (Å²) in [6.45, 7) is 8.82. The Morgan fingerprint density at radius 1 is 0.724 bits per heavy atom. The van der Waals surface area contributed by atoms with Crippen molar-refractivity contribution in [2.75, 3.05) is 6.61 Å². The molecule has 11 nitrogen and oxygen atoms in total. The van der Waals surface area contributed by atoms with E-state index < -0.39 is 48.0 Å². The van der Waals surface area contributed by atoms with Crippen molar-refractivity contribution in [1.82, 2.24) is 0 Å².